The van der Waals surface area contributed by atoms with Gasteiger partial charge in [0.15, 0.2) is 0 Å². The summed E-state index contributed by atoms with van der Waals surface area (Å²) in [6, 6.07) is 4.33. The molecule has 3 heterocycles. The van der Waals surface area contributed by atoms with Crippen LogP contribution in [0.1, 0.15) is 41.0 Å². The van der Waals surface area contributed by atoms with E-state index in [1.54, 1.807) is 5.56 Å². The van der Waals surface area contributed by atoms with E-state index < -0.39 is 0 Å². The van der Waals surface area contributed by atoms with Crippen LogP contribution in [-0.4, -0.2) is 23.0 Å². The van der Waals surface area contributed by atoms with E-state index in [0.717, 1.165) is 18.6 Å². The van der Waals surface area contributed by atoms with E-state index in [1.807, 2.05) is 11.3 Å². The molecule has 2 aliphatic rings. The van der Waals surface area contributed by atoms with Crippen molar-refractivity contribution in [3.63, 3.8) is 0 Å². The van der Waals surface area contributed by atoms with Crippen LogP contribution in [0.4, 0.5) is 0 Å². The average molecular weight is 250 g/mol. The molecule has 2 unspecified atom stereocenters. The summed E-state index contributed by atoms with van der Waals surface area (Å²) in [4.78, 5) is 5.66. The zero-order valence-electron chi connectivity index (χ0n) is 10.8. The largest absolute Gasteiger partial charge is 0.328 e. The number of hydrogen-bond donors (Lipinski definition) is 1. The Morgan fingerprint density at radius 1 is 1.29 bits per heavy atom. The Morgan fingerprint density at radius 3 is 2.47 bits per heavy atom. The number of hydrogen-bond acceptors (Lipinski definition) is 3. The second kappa shape index (κ2) is 4.38. The van der Waals surface area contributed by atoms with Gasteiger partial charge in [-0.3, -0.25) is 4.90 Å². The van der Waals surface area contributed by atoms with E-state index in [4.69, 9.17) is 5.73 Å². The predicted molar refractivity (Wildman–Crippen MR) is 73.4 cm³/mol. The van der Waals surface area contributed by atoms with E-state index in [1.165, 1.54) is 35.4 Å². The van der Waals surface area contributed by atoms with Crippen LogP contribution in [0.2, 0.25) is 0 Å². The van der Waals surface area contributed by atoms with Gasteiger partial charge >= 0.3 is 0 Å². The fraction of sp³-hybridized carbons (Fsp3) is 0.714. The Hall–Kier alpha value is -0.380. The average Bonchev–Trinajstić information content (AvgIpc) is 2.68. The number of nitrogens with zero attached hydrogens (tertiary/aromatic N) is 1. The lowest BCUT2D eigenvalue weighted by Gasteiger charge is -2.37. The summed E-state index contributed by atoms with van der Waals surface area (Å²) < 4.78 is 0. The third-order valence-electron chi connectivity index (χ3n) is 4.42. The minimum Gasteiger partial charge on any atom is -0.328 e. The smallest absolute Gasteiger partial charge is 0.0250 e. The summed E-state index contributed by atoms with van der Waals surface area (Å²) in [6.45, 7) is 5.62. The number of thiophene rings is 1. The molecule has 0 aromatic carbocycles. The standard InChI is InChI=1S/C14H22N2S/c1-9-5-11(10(2)17-9)8-16-13-3-4-14(16)7-12(15)6-13/h5,12-14H,3-4,6-8,15H2,1-2H3. The van der Waals surface area contributed by atoms with Gasteiger partial charge in [-0.15, -0.1) is 11.3 Å². The first-order valence-corrected chi connectivity index (χ1v) is 7.52. The fourth-order valence-corrected chi connectivity index (χ4v) is 4.55. The zero-order chi connectivity index (χ0) is 12.0. The second-order valence-corrected chi connectivity index (χ2v) is 7.19. The molecule has 0 spiro atoms. The molecule has 1 aromatic rings. The van der Waals surface area contributed by atoms with Crippen molar-refractivity contribution in [2.75, 3.05) is 0 Å². The van der Waals surface area contributed by atoms with Gasteiger partial charge in [0.25, 0.3) is 0 Å². The maximum Gasteiger partial charge on any atom is 0.0250 e. The van der Waals surface area contributed by atoms with Crippen LogP contribution < -0.4 is 5.73 Å². The Labute approximate surface area is 108 Å². The number of aryl methyl sites for hydroxylation is 2. The van der Waals surface area contributed by atoms with Gasteiger partial charge in [0.1, 0.15) is 0 Å². The molecule has 2 fully saturated rings. The molecule has 0 amide bonds. The van der Waals surface area contributed by atoms with Gasteiger partial charge in [0.2, 0.25) is 0 Å². The lowest BCUT2D eigenvalue weighted by molar-refractivity contribution is 0.120. The number of fused-ring (bicyclic) bond motifs is 2. The maximum atomic E-state index is 6.12. The summed E-state index contributed by atoms with van der Waals surface area (Å²) in [6.07, 6.45) is 5.14. The highest BCUT2D eigenvalue weighted by molar-refractivity contribution is 7.12. The van der Waals surface area contributed by atoms with Gasteiger partial charge in [0, 0.05) is 34.4 Å². The first-order valence-electron chi connectivity index (χ1n) is 6.70. The second-order valence-electron chi connectivity index (χ2n) is 5.73. The summed E-state index contributed by atoms with van der Waals surface area (Å²) >= 11 is 1.93. The molecular formula is C14H22N2S. The molecule has 2 N–H and O–H groups in total. The van der Waals surface area contributed by atoms with E-state index in [0.29, 0.717) is 6.04 Å². The molecule has 2 atom stereocenters. The Kier molecular flexibility index (Phi) is 3.01. The predicted octanol–water partition coefficient (Wildman–Crippen LogP) is 2.82. The van der Waals surface area contributed by atoms with Crippen LogP contribution in [0.25, 0.3) is 0 Å². The molecule has 2 nitrogen and oxygen atoms in total. The highest BCUT2D eigenvalue weighted by atomic mass is 32.1. The normalized spacial score (nSPS) is 33.2. The molecule has 3 heteroatoms. The highest BCUT2D eigenvalue weighted by Crippen LogP contribution is 2.37. The van der Waals surface area contributed by atoms with Crippen molar-refractivity contribution in [1.29, 1.82) is 0 Å². The molecule has 2 aliphatic heterocycles. The van der Waals surface area contributed by atoms with Gasteiger partial charge in [-0.25, -0.2) is 0 Å². The number of piperidine rings is 1. The third-order valence-corrected chi connectivity index (χ3v) is 5.43. The van der Waals surface area contributed by atoms with Crippen LogP contribution >= 0.6 is 11.3 Å². The summed E-state index contributed by atoms with van der Waals surface area (Å²) in [7, 11) is 0. The van der Waals surface area contributed by atoms with Crippen molar-refractivity contribution in [1.82, 2.24) is 4.90 Å². The zero-order valence-corrected chi connectivity index (χ0v) is 11.6. The number of rotatable bonds is 2. The van der Waals surface area contributed by atoms with Crippen molar-refractivity contribution >= 4 is 11.3 Å². The summed E-state index contributed by atoms with van der Waals surface area (Å²) in [5, 5.41) is 0. The van der Waals surface area contributed by atoms with Crippen molar-refractivity contribution in [2.24, 2.45) is 5.73 Å². The van der Waals surface area contributed by atoms with Crippen molar-refractivity contribution in [3.8, 4) is 0 Å². The molecule has 2 saturated heterocycles. The molecule has 0 saturated carbocycles. The quantitative estimate of drug-likeness (QED) is 0.874. The van der Waals surface area contributed by atoms with Gasteiger partial charge in [-0.2, -0.15) is 0 Å². The molecule has 94 valence electrons. The Bertz CT molecular complexity index is 398. The topological polar surface area (TPSA) is 29.3 Å². The van der Waals surface area contributed by atoms with E-state index in [9.17, 15) is 0 Å². The van der Waals surface area contributed by atoms with Crippen molar-refractivity contribution in [2.45, 2.75) is 64.2 Å². The van der Waals surface area contributed by atoms with Crippen LogP contribution in [-0.2, 0) is 6.54 Å². The first kappa shape index (κ1) is 11.7. The van der Waals surface area contributed by atoms with Crippen LogP contribution in [0.5, 0.6) is 0 Å². The van der Waals surface area contributed by atoms with E-state index in [-0.39, 0.29) is 0 Å². The fourth-order valence-electron chi connectivity index (χ4n) is 3.61. The number of nitrogens with two attached hydrogens (primary N) is 1. The minimum atomic E-state index is 0.453. The first-order chi connectivity index (χ1) is 8.13. The van der Waals surface area contributed by atoms with Crippen LogP contribution in [0.15, 0.2) is 6.07 Å². The summed E-state index contributed by atoms with van der Waals surface area (Å²) in [5.41, 5.74) is 7.66. The molecule has 0 radical (unpaired) electrons. The van der Waals surface area contributed by atoms with Crippen molar-refractivity contribution in [3.05, 3.63) is 21.4 Å². The molecule has 17 heavy (non-hydrogen) atoms. The maximum absolute atomic E-state index is 6.12. The minimum absolute atomic E-state index is 0.453. The lowest BCUT2D eigenvalue weighted by Crippen LogP contribution is -2.46. The highest BCUT2D eigenvalue weighted by Gasteiger charge is 2.39. The molecular weight excluding hydrogens is 228 g/mol. The monoisotopic (exact) mass is 250 g/mol. The van der Waals surface area contributed by atoms with Gasteiger partial charge < -0.3 is 5.73 Å². The van der Waals surface area contributed by atoms with Crippen LogP contribution in [0, 0.1) is 13.8 Å². The van der Waals surface area contributed by atoms with E-state index in [2.05, 4.69) is 24.8 Å². The van der Waals surface area contributed by atoms with Gasteiger partial charge in [-0.05, 0) is 51.2 Å². The van der Waals surface area contributed by atoms with E-state index >= 15 is 0 Å². The summed E-state index contributed by atoms with van der Waals surface area (Å²) in [5.74, 6) is 0. The molecule has 0 aliphatic carbocycles. The van der Waals surface area contributed by atoms with Crippen molar-refractivity contribution < 1.29 is 0 Å². The van der Waals surface area contributed by atoms with Crippen LogP contribution in [0.3, 0.4) is 0 Å². The molecule has 2 bridgehead atoms. The van der Waals surface area contributed by atoms with Gasteiger partial charge in [0.05, 0.1) is 0 Å². The van der Waals surface area contributed by atoms with Gasteiger partial charge in [-0.1, -0.05) is 0 Å². The molecule has 1 aromatic heterocycles. The molecule has 3 rings (SSSR count). The Balaban J connectivity index is 1.76. The SMILES string of the molecule is Cc1cc(CN2C3CCC2CC(N)C3)c(C)s1. The lowest BCUT2D eigenvalue weighted by atomic mass is 9.97. The third kappa shape index (κ3) is 2.16. The Morgan fingerprint density at radius 2 is 1.94 bits per heavy atom.